The number of aryl methyl sites for hydroxylation is 1. The molecule has 4 N–H and O–H groups in total. The molecule has 20 heavy (non-hydrogen) atoms. The van der Waals surface area contributed by atoms with Crippen molar-refractivity contribution in [3.63, 3.8) is 0 Å². The molecule has 7 nitrogen and oxygen atoms in total. The van der Waals surface area contributed by atoms with Gasteiger partial charge in [-0.15, -0.1) is 0 Å². The van der Waals surface area contributed by atoms with E-state index in [0.717, 1.165) is 18.3 Å². The van der Waals surface area contributed by atoms with Gasteiger partial charge >= 0.3 is 0 Å². The molecule has 1 aromatic heterocycles. The minimum Gasteiger partial charge on any atom is -0.383 e. The summed E-state index contributed by atoms with van der Waals surface area (Å²) in [6.45, 7) is 0.520. The Hall–Kier alpha value is -2.00. The van der Waals surface area contributed by atoms with Crippen molar-refractivity contribution in [1.29, 1.82) is 0 Å². The van der Waals surface area contributed by atoms with Gasteiger partial charge in [-0.1, -0.05) is 0 Å². The smallest absolute Gasteiger partial charge is 0.238 e. The zero-order chi connectivity index (χ0) is 14.6. The number of aromatic nitrogens is 3. The summed E-state index contributed by atoms with van der Waals surface area (Å²) in [6.07, 6.45) is 2.84. The maximum atomic E-state index is 13.7. The molecule has 0 spiro atoms. The van der Waals surface area contributed by atoms with E-state index in [1.807, 2.05) is 0 Å². The summed E-state index contributed by atoms with van der Waals surface area (Å²) < 4.78 is 35.8. The highest BCUT2D eigenvalue weighted by atomic mass is 32.2. The van der Waals surface area contributed by atoms with Crippen molar-refractivity contribution in [2.45, 2.75) is 17.7 Å². The van der Waals surface area contributed by atoms with E-state index in [1.54, 1.807) is 0 Å². The molecule has 0 fully saturated rings. The summed E-state index contributed by atoms with van der Waals surface area (Å²) in [5.41, 5.74) is 0.231. The number of primary sulfonamides is 1. The number of anilines is 1. The van der Waals surface area contributed by atoms with E-state index < -0.39 is 15.8 Å². The van der Waals surface area contributed by atoms with E-state index >= 15 is 0 Å². The Morgan fingerprint density at radius 1 is 1.40 bits per heavy atom. The fourth-order valence-corrected chi connectivity index (χ4v) is 2.17. The number of aromatic amines is 1. The number of halogens is 1. The number of rotatable bonds is 6. The van der Waals surface area contributed by atoms with Crippen LogP contribution in [0.3, 0.4) is 0 Å². The third kappa shape index (κ3) is 3.75. The zero-order valence-electron chi connectivity index (χ0n) is 10.5. The lowest BCUT2D eigenvalue weighted by Crippen LogP contribution is -2.13. The third-order valence-corrected chi connectivity index (χ3v) is 3.55. The SMILES string of the molecule is NS(=O)(=O)c1ccc(NCCCc2ncn[nH]2)c(F)c1. The van der Waals surface area contributed by atoms with Crippen LogP contribution in [-0.4, -0.2) is 30.1 Å². The van der Waals surface area contributed by atoms with E-state index in [4.69, 9.17) is 5.14 Å². The van der Waals surface area contributed by atoms with Crippen molar-refractivity contribution in [2.24, 2.45) is 5.14 Å². The number of benzene rings is 1. The molecule has 9 heteroatoms. The van der Waals surface area contributed by atoms with Crippen LogP contribution in [0.25, 0.3) is 0 Å². The zero-order valence-corrected chi connectivity index (χ0v) is 11.3. The van der Waals surface area contributed by atoms with Crippen LogP contribution in [0.1, 0.15) is 12.2 Å². The van der Waals surface area contributed by atoms with E-state index in [-0.39, 0.29) is 10.6 Å². The molecule has 2 rings (SSSR count). The molecule has 0 aliphatic rings. The molecule has 0 aliphatic carbocycles. The number of hydrogen-bond acceptors (Lipinski definition) is 5. The minimum atomic E-state index is -3.88. The molecule has 0 unspecified atom stereocenters. The molecule has 2 aromatic rings. The van der Waals surface area contributed by atoms with Gasteiger partial charge in [0.1, 0.15) is 18.0 Å². The average Bonchev–Trinajstić information content (AvgIpc) is 2.88. The van der Waals surface area contributed by atoms with Crippen LogP contribution in [0.4, 0.5) is 10.1 Å². The quantitative estimate of drug-likeness (QED) is 0.677. The first-order chi connectivity index (χ1) is 9.47. The van der Waals surface area contributed by atoms with Crippen LogP contribution >= 0.6 is 0 Å². The Morgan fingerprint density at radius 2 is 2.20 bits per heavy atom. The van der Waals surface area contributed by atoms with Gasteiger partial charge in [0, 0.05) is 13.0 Å². The van der Waals surface area contributed by atoms with Crippen LogP contribution < -0.4 is 10.5 Å². The van der Waals surface area contributed by atoms with E-state index in [1.165, 1.54) is 18.5 Å². The van der Waals surface area contributed by atoms with Gasteiger partial charge < -0.3 is 5.32 Å². The average molecular weight is 299 g/mol. The fraction of sp³-hybridized carbons (Fsp3) is 0.273. The number of sulfonamides is 1. The van der Waals surface area contributed by atoms with Gasteiger partial charge in [0.15, 0.2) is 0 Å². The largest absolute Gasteiger partial charge is 0.383 e. The first kappa shape index (κ1) is 14.4. The molecule has 1 aromatic carbocycles. The molecule has 0 bridgehead atoms. The van der Waals surface area contributed by atoms with Crippen molar-refractivity contribution in [3.05, 3.63) is 36.2 Å². The van der Waals surface area contributed by atoms with Crippen molar-refractivity contribution < 1.29 is 12.8 Å². The minimum absolute atomic E-state index is 0.231. The number of nitrogens with zero attached hydrogens (tertiary/aromatic N) is 2. The summed E-state index contributed by atoms with van der Waals surface area (Å²) in [6, 6.07) is 3.51. The van der Waals surface area contributed by atoms with Crippen molar-refractivity contribution in [3.8, 4) is 0 Å². The number of nitrogens with one attached hydrogen (secondary N) is 2. The monoisotopic (exact) mass is 299 g/mol. The van der Waals surface area contributed by atoms with Gasteiger partial charge in [0.2, 0.25) is 10.0 Å². The molecule has 1 heterocycles. The first-order valence-corrected chi connectivity index (χ1v) is 7.42. The molecular weight excluding hydrogens is 285 g/mol. The van der Waals surface area contributed by atoms with Crippen LogP contribution in [-0.2, 0) is 16.4 Å². The van der Waals surface area contributed by atoms with Crippen molar-refractivity contribution >= 4 is 15.7 Å². The second kappa shape index (κ2) is 5.97. The highest BCUT2D eigenvalue weighted by molar-refractivity contribution is 7.89. The lowest BCUT2D eigenvalue weighted by atomic mass is 10.2. The summed E-state index contributed by atoms with van der Waals surface area (Å²) in [5.74, 6) is 0.105. The summed E-state index contributed by atoms with van der Waals surface area (Å²) >= 11 is 0. The molecule has 0 radical (unpaired) electrons. The van der Waals surface area contributed by atoms with E-state index in [2.05, 4.69) is 20.5 Å². The molecule has 0 atom stereocenters. The highest BCUT2D eigenvalue weighted by Gasteiger charge is 2.11. The van der Waals surface area contributed by atoms with Crippen LogP contribution in [0, 0.1) is 5.82 Å². The van der Waals surface area contributed by atoms with Gasteiger partial charge in [0.05, 0.1) is 10.6 Å². The number of H-pyrrole nitrogens is 1. The standard InChI is InChI=1S/C11H14FN5O2S/c12-9-6-8(20(13,18)19)3-4-10(9)14-5-1-2-11-15-7-16-17-11/h3-4,6-7,14H,1-2,5H2,(H2,13,18,19)(H,15,16,17). The second-order valence-electron chi connectivity index (χ2n) is 4.15. The maximum absolute atomic E-state index is 13.7. The van der Waals surface area contributed by atoms with Crippen molar-refractivity contribution in [1.82, 2.24) is 15.2 Å². The van der Waals surface area contributed by atoms with E-state index in [0.29, 0.717) is 13.0 Å². The Bertz CT molecular complexity index is 672. The number of nitrogens with two attached hydrogens (primary N) is 1. The van der Waals surface area contributed by atoms with Gasteiger partial charge in [0.25, 0.3) is 0 Å². The van der Waals surface area contributed by atoms with E-state index in [9.17, 15) is 12.8 Å². The van der Waals surface area contributed by atoms with Crippen molar-refractivity contribution in [2.75, 3.05) is 11.9 Å². The second-order valence-corrected chi connectivity index (χ2v) is 5.71. The van der Waals surface area contributed by atoms with Crippen LogP contribution in [0.15, 0.2) is 29.4 Å². The van der Waals surface area contributed by atoms with Gasteiger partial charge in [-0.2, -0.15) is 5.10 Å². The fourth-order valence-electron chi connectivity index (χ4n) is 1.65. The van der Waals surface area contributed by atoms with Gasteiger partial charge in [-0.05, 0) is 24.6 Å². The topological polar surface area (TPSA) is 114 Å². The summed E-state index contributed by atoms with van der Waals surface area (Å²) in [5, 5.41) is 14.3. The Morgan fingerprint density at radius 3 is 2.80 bits per heavy atom. The Kier molecular flexibility index (Phi) is 4.30. The van der Waals surface area contributed by atoms with Gasteiger partial charge in [-0.25, -0.2) is 22.9 Å². The summed E-state index contributed by atoms with van der Waals surface area (Å²) in [7, 11) is -3.88. The predicted octanol–water partition coefficient (Wildman–Crippen LogP) is 0.636. The lowest BCUT2D eigenvalue weighted by molar-refractivity contribution is 0.592. The van der Waals surface area contributed by atoms with Crippen LogP contribution in [0.5, 0.6) is 0 Å². The Balaban J connectivity index is 1.90. The molecule has 0 saturated heterocycles. The molecule has 108 valence electrons. The highest BCUT2D eigenvalue weighted by Crippen LogP contribution is 2.18. The third-order valence-electron chi connectivity index (χ3n) is 2.64. The first-order valence-electron chi connectivity index (χ1n) is 5.87. The number of hydrogen-bond donors (Lipinski definition) is 3. The maximum Gasteiger partial charge on any atom is 0.238 e. The Labute approximate surface area is 115 Å². The molecular formula is C11H14FN5O2S. The lowest BCUT2D eigenvalue weighted by Gasteiger charge is -2.08. The molecule has 0 saturated carbocycles. The summed E-state index contributed by atoms with van der Waals surface area (Å²) in [4.78, 5) is 3.72. The van der Waals surface area contributed by atoms with Gasteiger partial charge in [-0.3, -0.25) is 5.10 Å². The molecule has 0 amide bonds. The van der Waals surface area contributed by atoms with Crippen LogP contribution in [0.2, 0.25) is 0 Å². The molecule has 0 aliphatic heterocycles. The normalized spacial score (nSPS) is 11.5. The predicted molar refractivity (Wildman–Crippen MR) is 71.0 cm³/mol.